The molecule has 2 unspecified atom stereocenters. The van der Waals surface area contributed by atoms with E-state index in [-0.39, 0.29) is 23.7 Å². The second-order valence-electron chi connectivity index (χ2n) is 8.20. The van der Waals surface area contributed by atoms with Crippen molar-refractivity contribution >= 4 is 11.8 Å². The molecule has 2 saturated heterocycles. The van der Waals surface area contributed by atoms with Crippen LogP contribution in [0.2, 0.25) is 0 Å². The molecule has 0 radical (unpaired) electrons. The lowest BCUT2D eigenvalue weighted by molar-refractivity contribution is -0.139. The van der Waals surface area contributed by atoms with E-state index in [9.17, 15) is 9.59 Å². The number of morpholine rings is 1. The van der Waals surface area contributed by atoms with Crippen molar-refractivity contribution in [1.29, 1.82) is 0 Å². The monoisotopic (exact) mass is 454 g/mol. The number of likely N-dealkylation sites (tertiary alicyclic amines) is 1. The van der Waals surface area contributed by atoms with Crippen LogP contribution in [0.4, 0.5) is 0 Å². The highest BCUT2D eigenvalue weighted by atomic mass is 16.5. The normalized spacial score (nSPS) is 20.5. The van der Waals surface area contributed by atoms with E-state index < -0.39 is 0 Å². The van der Waals surface area contributed by atoms with Crippen LogP contribution in [0.1, 0.15) is 21.8 Å². The molecule has 8 heteroatoms. The number of amides is 2. The number of carbonyl (C=O) groups excluding carboxylic acids is 2. The third-order valence-electron chi connectivity index (χ3n) is 6.42. The van der Waals surface area contributed by atoms with Crippen molar-refractivity contribution in [2.45, 2.75) is 5.92 Å². The van der Waals surface area contributed by atoms with Gasteiger partial charge in [-0.25, -0.2) is 0 Å². The molecule has 0 spiro atoms. The molecule has 0 aromatic heterocycles. The Morgan fingerprint density at radius 3 is 2.15 bits per heavy atom. The Kier molecular flexibility index (Phi) is 7.03. The summed E-state index contributed by atoms with van der Waals surface area (Å²) in [6.07, 6.45) is 0. The number of hydrogen-bond donors (Lipinski definition) is 0. The molecule has 2 fully saturated rings. The van der Waals surface area contributed by atoms with Gasteiger partial charge in [-0.2, -0.15) is 0 Å². The van der Waals surface area contributed by atoms with Gasteiger partial charge in [0.2, 0.25) is 5.91 Å². The van der Waals surface area contributed by atoms with Crippen molar-refractivity contribution in [3.63, 3.8) is 0 Å². The number of ether oxygens (including phenoxy) is 4. The van der Waals surface area contributed by atoms with E-state index in [0.717, 1.165) is 5.56 Å². The summed E-state index contributed by atoms with van der Waals surface area (Å²) in [5.74, 6) is 1.38. The van der Waals surface area contributed by atoms with Crippen LogP contribution in [-0.4, -0.2) is 82.3 Å². The Morgan fingerprint density at radius 2 is 1.52 bits per heavy atom. The first-order chi connectivity index (χ1) is 16.0. The lowest BCUT2D eigenvalue weighted by atomic mass is 9.87. The van der Waals surface area contributed by atoms with Gasteiger partial charge in [0.05, 0.1) is 40.5 Å². The Morgan fingerprint density at radius 1 is 0.848 bits per heavy atom. The van der Waals surface area contributed by atoms with Crippen LogP contribution in [0, 0.1) is 5.92 Å². The van der Waals surface area contributed by atoms with Crippen LogP contribution in [0.15, 0.2) is 42.5 Å². The van der Waals surface area contributed by atoms with Crippen LogP contribution in [0.3, 0.4) is 0 Å². The van der Waals surface area contributed by atoms with Crippen molar-refractivity contribution in [2.24, 2.45) is 5.92 Å². The standard InChI is InChI=1S/C25H30N2O6/c1-30-18-6-4-17(5-7-18)24(28)27-15-21(20-14-19(31-2)8-9-23(20)32-3)22(16-27)25(29)26-10-12-33-13-11-26/h4-9,14,21-22H,10-13,15-16H2,1-3H3. The summed E-state index contributed by atoms with van der Waals surface area (Å²) in [7, 11) is 4.81. The summed E-state index contributed by atoms with van der Waals surface area (Å²) < 4.78 is 21.7. The fourth-order valence-electron chi connectivity index (χ4n) is 4.60. The number of rotatable bonds is 6. The van der Waals surface area contributed by atoms with E-state index in [4.69, 9.17) is 18.9 Å². The summed E-state index contributed by atoms with van der Waals surface area (Å²) in [4.78, 5) is 30.5. The summed E-state index contributed by atoms with van der Waals surface area (Å²) in [6.45, 7) is 2.93. The van der Waals surface area contributed by atoms with Gasteiger partial charge in [-0.05, 0) is 42.5 Å². The average Bonchev–Trinajstić information content (AvgIpc) is 3.33. The quantitative estimate of drug-likeness (QED) is 0.667. The fraction of sp³-hybridized carbons (Fsp3) is 0.440. The van der Waals surface area contributed by atoms with Crippen LogP contribution < -0.4 is 14.2 Å². The number of carbonyl (C=O) groups is 2. The largest absolute Gasteiger partial charge is 0.497 e. The molecule has 2 aliphatic heterocycles. The second kappa shape index (κ2) is 10.1. The molecule has 0 saturated carbocycles. The topological polar surface area (TPSA) is 77.5 Å². The lowest BCUT2D eigenvalue weighted by Crippen LogP contribution is -2.45. The van der Waals surface area contributed by atoms with Crippen molar-refractivity contribution in [1.82, 2.24) is 9.80 Å². The van der Waals surface area contributed by atoms with E-state index in [1.165, 1.54) is 0 Å². The zero-order valence-electron chi connectivity index (χ0n) is 19.3. The van der Waals surface area contributed by atoms with Gasteiger partial charge in [0.25, 0.3) is 5.91 Å². The minimum absolute atomic E-state index is 0.0400. The Bertz CT molecular complexity index is 987. The minimum Gasteiger partial charge on any atom is -0.497 e. The van der Waals surface area contributed by atoms with Gasteiger partial charge >= 0.3 is 0 Å². The van der Waals surface area contributed by atoms with Crippen LogP contribution in [-0.2, 0) is 9.53 Å². The molecule has 176 valence electrons. The number of methoxy groups -OCH3 is 3. The Hall–Kier alpha value is -3.26. The van der Waals surface area contributed by atoms with Crippen molar-refractivity contribution < 1.29 is 28.5 Å². The maximum atomic E-state index is 13.6. The molecule has 2 aliphatic rings. The summed E-state index contributed by atoms with van der Waals surface area (Å²) >= 11 is 0. The van der Waals surface area contributed by atoms with Gasteiger partial charge in [0, 0.05) is 43.2 Å². The van der Waals surface area contributed by atoms with Gasteiger partial charge in [0.1, 0.15) is 17.2 Å². The van der Waals surface area contributed by atoms with Gasteiger partial charge in [-0.1, -0.05) is 0 Å². The van der Waals surface area contributed by atoms with Crippen molar-refractivity contribution in [2.75, 3.05) is 60.7 Å². The van der Waals surface area contributed by atoms with Crippen LogP contribution in [0.5, 0.6) is 17.2 Å². The SMILES string of the molecule is COc1ccc(C(=O)N2CC(C(=O)N3CCOCC3)C(c3cc(OC)ccc3OC)C2)cc1. The van der Waals surface area contributed by atoms with E-state index in [1.54, 1.807) is 50.5 Å². The number of benzene rings is 2. The molecule has 2 aromatic carbocycles. The third-order valence-corrected chi connectivity index (χ3v) is 6.42. The van der Waals surface area contributed by atoms with Crippen molar-refractivity contribution in [3.8, 4) is 17.2 Å². The molecule has 0 aliphatic carbocycles. The summed E-state index contributed by atoms with van der Waals surface area (Å²) in [5, 5.41) is 0. The lowest BCUT2D eigenvalue weighted by Gasteiger charge is -2.31. The molecular weight excluding hydrogens is 424 g/mol. The van der Waals surface area contributed by atoms with Gasteiger partial charge in [-0.15, -0.1) is 0 Å². The van der Waals surface area contributed by atoms with Crippen LogP contribution >= 0.6 is 0 Å². The Labute approximate surface area is 194 Å². The Balaban J connectivity index is 1.66. The van der Waals surface area contributed by atoms with Gasteiger partial charge < -0.3 is 28.7 Å². The van der Waals surface area contributed by atoms with Gasteiger partial charge in [0.15, 0.2) is 0 Å². The van der Waals surface area contributed by atoms with E-state index in [2.05, 4.69) is 0 Å². The summed E-state index contributed by atoms with van der Waals surface area (Å²) in [6, 6.07) is 12.6. The van der Waals surface area contributed by atoms with E-state index in [1.807, 2.05) is 23.1 Å². The second-order valence-corrected chi connectivity index (χ2v) is 8.20. The highest BCUT2D eigenvalue weighted by molar-refractivity contribution is 5.95. The molecule has 33 heavy (non-hydrogen) atoms. The number of nitrogens with zero attached hydrogens (tertiary/aromatic N) is 2. The smallest absolute Gasteiger partial charge is 0.253 e. The predicted molar refractivity (Wildman–Crippen MR) is 122 cm³/mol. The first-order valence-corrected chi connectivity index (χ1v) is 11.1. The summed E-state index contributed by atoms with van der Waals surface area (Å²) in [5.41, 5.74) is 1.43. The molecule has 4 rings (SSSR count). The highest BCUT2D eigenvalue weighted by Crippen LogP contribution is 2.40. The molecule has 0 bridgehead atoms. The fourth-order valence-corrected chi connectivity index (χ4v) is 4.60. The molecule has 2 atom stereocenters. The maximum absolute atomic E-state index is 13.6. The third kappa shape index (κ3) is 4.75. The predicted octanol–water partition coefficient (Wildman–Crippen LogP) is 2.43. The molecule has 2 aromatic rings. The maximum Gasteiger partial charge on any atom is 0.253 e. The first kappa shape index (κ1) is 22.9. The molecule has 2 heterocycles. The zero-order valence-corrected chi connectivity index (χ0v) is 19.3. The minimum atomic E-state index is -0.383. The molecule has 2 amide bonds. The molecule has 8 nitrogen and oxygen atoms in total. The molecular formula is C25H30N2O6. The first-order valence-electron chi connectivity index (χ1n) is 11.1. The molecule has 0 N–H and O–H groups in total. The van der Waals surface area contributed by atoms with Crippen LogP contribution in [0.25, 0.3) is 0 Å². The van der Waals surface area contributed by atoms with E-state index in [0.29, 0.717) is 62.2 Å². The zero-order chi connectivity index (χ0) is 23.4. The average molecular weight is 455 g/mol. The van der Waals surface area contributed by atoms with Crippen molar-refractivity contribution in [3.05, 3.63) is 53.6 Å². The van der Waals surface area contributed by atoms with E-state index >= 15 is 0 Å². The highest BCUT2D eigenvalue weighted by Gasteiger charge is 2.43. The van der Waals surface area contributed by atoms with Gasteiger partial charge in [-0.3, -0.25) is 9.59 Å². The number of hydrogen-bond acceptors (Lipinski definition) is 6.